The molecule has 1 aliphatic heterocycles. The van der Waals surface area contributed by atoms with Crippen molar-refractivity contribution in [2.45, 2.75) is 12.6 Å². The number of benzene rings is 1. The van der Waals surface area contributed by atoms with Gasteiger partial charge in [0.15, 0.2) is 0 Å². The summed E-state index contributed by atoms with van der Waals surface area (Å²) >= 11 is 0. The highest BCUT2D eigenvalue weighted by molar-refractivity contribution is 5.85. The number of ether oxygens (including phenoxy) is 1. The number of nitrogens with one attached hydrogen (secondary N) is 2. The topological polar surface area (TPSA) is 50.4 Å². The highest BCUT2D eigenvalue weighted by Gasteiger charge is 2.30. The van der Waals surface area contributed by atoms with Crippen LogP contribution in [0.1, 0.15) is 12.0 Å². The molecule has 4 nitrogen and oxygen atoms in total. The molecule has 1 fully saturated rings. The minimum absolute atomic E-state index is 0. The van der Waals surface area contributed by atoms with Gasteiger partial charge < -0.3 is 15.4 Å². The minimum Gasteiger partial charge on any atom is -0.492 e. The number of hydrogen-bond donors (Lipinski definition) is 2. The van der Waals surface area contributed by atoms with E-state index in [0.717, 1.165) is 25.1 Å². The molecule has 1 heterocycles. The van der Waals surface area contributed by atoms with Crippen molar-refractivity contribution in [1.82, 2.24) is 10.6 Å². The van der Waals surface area contributed by atoms with Crippen molar-refractivity contribution in [2.75, 3.05) is 26.2 Å². The summed E-state index contributed by atoms with van der Waals surface area (Å²) in [4.78, 5) is 11.7. The van der Waals surface area contributed by atoms with Crippen molar-refractivity contribution >= 4 is 18.3 Å². The van der Waals surface area contributed by atoms with Gasteiger partial charge in [-0.15, -0.1) is 12.4 Å². The number of rotatable bonds is 5. The molecule has 1 aromatic carbocycles. The average Bonchev–Trinajstić information content (AvgIpc) is 2.97. The predicted molar refractivity (Wildman–Crippen MR) is 78.2 cm³/mol. The zero-order chi connectivity index (χ0) is 15.3. The van der Waals surface area contributed by atoms with E-state index in [-0.39, 0.29) is 30.8 Å². The van der Waals surface area contributed by atoms with E-state index in [4.69, 9.17) is 4.74 Å². The van der Waals surface area contributed by atoms with Crippen molar-refractivity contribution in [3.63, 3.8) is 0 Å². The predicted octanol–water partition coefficient (Wildman–Crippen LogP) is 2.23. The summed E-state index contributed by atoms with van der Waals surface area (Å²) in [7, 11) is 0. The molecule has 0 spiro atoms. The quantitative estimate of drug-likeness (QED) is 0.810. The third-order valence-electron chi connectivity index (χ3n) is 3.28. The van der Waals surface area contributed by atoms with E-state index in [0.29, 0.717) is 18.8 Å². The molecule has 0 bridgehead atoms. The number of carbonyl (C=O) groups excluding carboxylic acids is 1. The van der Waals surface area contributed by atoms with E-state index in [2.05, 4.69) is 10.6 Å². The zero-order valence-electron chi connectivity index (χ0n) is 11.8. The van der Waals surface area contributed by atoms with E-state index < -0.39 is 11.7 Å². The summed E-state index contributed by atoms with van der Waals surface area (Å²) < 4.78 is 42.4. The molecule has 0 saturated carbocycles. The highest BCUT2D eigenvalue weighted by atomic mass is 35.5. The Bertz CT molecular complexity index is 474. The molecule has 2 rings (SSSR count). The molecule has 8 heteroatoms. The molecule has 1 amide bonds. The van der Waals surface area contributed by atoms with Crippen LogP contribution in [0.4, 0.5) is 13.2 Å². The van der Waals surface area contributed by atoms with Crippen LogP contribution in [0.15, 0.2) is 24.3 Å². The summed E-state index contributed by atoms with van der Waals surface area (Å²) in [5.41, 5.74) is -0.711. The fourth-order valence-electron chi connectivity index (χ4n) is 2.11. The fraction of sp³-hybridized carbons (Fsp3) is 0.500. The van der Waals surface area contributed by atoms with Crippen molar-refractivity contribution in [3.8, 4) is 5.75 Å². The van der Waals surface area contributed by atoms with Crippen molar-refractivity contribution in [1.29, 1.82) is 0 Å². The standard InChI is InChI=1S/C14H17F3N2O2.ClH/c15-14(16,17)11-1-3-12(4-2-11)21-8-7-19-13(20)10-5-6-18-9-10;/h1-4,10,18H,5-9H2,(H,19,20);1H. The van der Waals surface area contributed by atoms with Gasteiger partial charge in [-0.1, -0.05) is 0 Å². The first kappa shape index (κ1) is 18.6. The van der Waals surface area contributed by atoms with Gasteiger partial charge in [-0.2, -0.15) is 13.2 Å². The summed E-state index contributed by atoms with van der Waals surface area (Å²) in [6.07, 6.45) is -3.52. The summed E-state index contributed by atoms with van der Waals surface area (Å²) in [5, 5.41) is 5.85. The summed E-state index contributed by atoms with van der Waals surface area (Å²) in [6, 6.07) is 4.48. The van der Waals surface area contributed by atoms with Crippen LogP contribution in [0, 0.1) is 5.92 Å². The zero-order valence-corrected chi connectivity index (χ0v) is 12.6. The van der Waals surface area contributed by atoms with Gasteiger partial charge in [0.25, 0.3) is 0 Å². The molecule has 0 aromatic heterocycles. The van der Waals surface area contributed by atoms with Crippen molar-refractivity contribution in [3.05, 3.63) is 29.8 Å². The lowest BCUT2D eigenvalue weighted by atomic mass is 10.1. The third-order valence-corrected chi connectivity index (χ3v) is 3.28. The Morgan fingerprint density at radius 3 is 2.55 bits per heavy atom. The SMILES string of the molecule is Cl.O=C(NCCOc1ccc(C(F)(F)F)cc1)C1CCNC1. The average molecular weight is 339 g/mol. The molecule has 1 aliphatic rings. The van der Waals surface area contributed by atoms with Crippen LogP contribution in [0.25, 0.3) is 0 Å². The molecule has 0 radical (unpaired) electrons. The molecule has 1 saturated heterocycles. The first-order valence-corrected chi connectivity index (χ1v) is 6.75. The van der Waals surface area contributed by atoms with Gasteiger partial charge in [-0.25, -0.2) is 0 Å². The smallest absolute Gasteiger partial charge is 0.416 e. The maximum absolute atomic E-state index is 12.4. The Balaban J connectivity index is 0.00000242. The highest BCUT2D eigenvalue weighted by Crippen LogP contribution is 2.30. The van der Waals surface area contributed by atoms with Gasteiger partial charge in [-0.3, -0.25) is 4.79 Å². The lowest BCUT2D eigenvalue weighted by Crippen LogP contribution is -2.34. The number of alkyl halides is 3. The number of amides is 1. The van der Waals surface area contributed by atoms with E-state index in [1.165, 1.54) is 12.1 Å². The molecular weight excluding hydrogens is 321 g/mol. The Kier molecular flexibility index (Phi) is 6.96. The number of halogens is 4. The molecule has 1 unspecified atom stereocenters. The molecule has 0 aliphatic carbocycles. The normalized spacial score (nSPS) is 17.7. The second-order valence-electron chi connectivity index (χ2n) is 4.85. The number of carbonyl (C=O) groups is 1. The molecule has 1 atom stereocenters. The second-order valence-corrected chi connectivity index (χ2v) is 4.85. The van der Waals surface area contributed by atoms with Gasteiger partial charge in [0.1, 0.15) is 12.4 Å². The Labute approximate surface area is 132 Å². The molecule has 1 aromatic rings. The van der Waals surface area contributed by atoms with E-state index in [1.54, 1.807) is 0 Å². The minimum atomic E-state index is -4.35. The van der Waals surface area contributed by atoms with Gasteiger partial charge >= 0.3 is 6.18 Å². The van der Waals surface area contributed by atoms with Gasteiger partial charge in [-0.05, 0) is 37.2 Å². The fourth-order valence-corrected chi connectivity index (χ4v) is 2.11. The third kappa shape index (κ3) is 5.38. The maximum atomic E-state index is 12.4. The van der Waals surface area contributed by atoms with Crippen LogP contribution in [-0.2, 0) is 11.0 Å². The lowest BCUT2D eigenvalue weighted by molar-refractivity contribution is -0.137. The van der Waals surface area contributed by atoms with Crippen LogP contribution in [0.2, 0.25) is 0 Å². The number of hydrogen-bond acceptors (Lipinski definition) is 3. The van der Waals surface area contributed by atoms with Crippen LogP contribution in [-0.4, -0.2) is 32.1 Å². The van der Waals surface area contributed by atoms with E-state index in [9.17, 15) is 18.0 Å². The van der Waals surface area contributed by atoms with Crippen LogP contribution < -0.4 is 15.4 Å². The summed E-state index contributed by atoms with van der Waals surface area (Å²) in [6.45, 7) is 2.08. The van der Waals surface area contributed by atoms with Crippen LogP contribution in [0.3, 0.4) is 0 Å². The first-order valence-electron chi connectivity index (χ1n) is 6.75. The van der Waals surface area contributed by atoms with Gasteiger partial charge in [0.05, 0.1) is 18.0 Å². The van der Waals surface area contributed by atoms with Crippen LogP contribution in [0.5, 0.6) is 5.75 Å². The van der Waals surface area contributed by atoms with Gasteiger partial charge in [0, 0.05) is 6.54 Å². The lowest BCUT2D eigenvalue weighted by Gasteiger charge is -2.11. The Hall–Kier alpha value is -1.47. The van der Waals surface area contributed by atoms with E-state index >= 15 is 0 Å². The molecule has 2 N–H and O–H groups in total. The maximum Gasteiger partial charge on any atom is 0.416 e. The van der Waals surface area contributed by atoms with Crippen molar-refractivity contribution < 1.29 is 22.7 Å². The first-order chi connectivity index (χ1) is 9.97. The second kappa shape index (κ2) is 8.24. The largest absolute Gasteiger partial charge is 0.492 e. The summed E-state index contributed by atoms with van der Waals surface area (Å²) in [5.74, 6) is 0.326. The monoisotopic (exact) mass is 338 g/mol. The van der Waals surface area contributed by atoms with Crippen molar-refractivity contribution in [2.24, 2.45) is 5.92 Å². The molecule has 22 heavy (non-hydrogen) atoms. The van der Waals surface area contributed by atoms with E-state index in [1.807, 2.05) is 0 Å². The van der Waals surface area contributed by atoms with Gasteiger partial charge in [0.2, 0.25) is 5.91 Å². The molecule has 124 valence electrons. The Morgan fingerprint density at radius 1 is 1.32 bits per heavy atom. The molecular formula is C14H18ClF3N2O2. The van der Waals surface area contributed by atoms with Crippen LogP contribution >= 0.6 is 12.4 Å². The Morgan fingerprint density at radius 2 is 2.00 bits per heavy atom.